The average molecular weight is 372 g/mol. The van der Waals surface area contributed by atoms with Crippen LogP contribution in [0.15, 0.2) is 0 Å². The van der Waals surface area contributed by atoms with Gasteiger partial charge in [0.1, 0.15) is 0 Å². The molecule has 1 fully saturated rings. The summed E-state index contributed by atoms with van der Waals surface area (Å²) >= 11 is 2.05. The number of thioether (sulfide) groups is 1. The minimum Gasteiger partial charge on any atom is -0.373 e. The van der Waals surface area contributed by atoms with Gasteiger partial charge >= 0.3 is 0 Å². The third-order valence-electron chi connectivity index (χ3n) is 5.56. The molecule has 2 nitrogen and oxygen atoms in total. The maximum Gasteiger partial charge on any atom is 0.0894 e. The Morgan fingerprint density at radius 1 is 0.800 bits per heavy atom. The smallest absolute Gasteiger partial charge is 0.0894 e. The van der Waals surface area contributed by atoms with Gasteiger partial charge in [0.2, 0.25) is 0 Å². The Labute approximate surface area is 162 Å². The van der Waals surface area contributed by atoms with E-state index in [4.69, 9.17) is 10.5 Å². The van der Waals surface area contributed by atoms with E-state index < -0.39 is 0 Å². The first-order chi connectivity index (χ1) is 12.3. The molecule has 0 amide bonds. The largest absolute Gasteiger partial charge is 0.373 e. The number of nitrogens with two attached hydrogens (primary N) is 1. The zero-order valence-electron chi connectivity index (χ0n) is 17.0. The summed E-state index contributed by atoms with van der Waals surface area (Å²) in [5.74, 6) is 2.38. The highest BCUT2D eigenvalue weighted by Crippen LogP contribution is 2.28. The Morgan fingerprint density at radius 3 is 1.76 bits per heavy atom. The summed E-state index contributed by atoms with van der Waals surface area (Å²) in [4.78, 5) is 0. The van der Waals surface area contributed by atoms with Gasteiger partial charge in [0, 0.05) is 18.9 Å². The molecule has 0 aromatic rings. The summed E-state index contributed by atoms with van der Waals surface area (Å²) in [6.07, 6.45) is 22.5. The zero-order chi connectivity index (χ0) is 18.1. The Bertz CT molecular complexity index is 279. The average Bonchev–Trinajstić information content (AvgIpc) is 3.11. The fraction of sp³-hybridized carbons (Fsp3) is 1.00. The molecule has 1 atom stereocenters. The van der Waals surface area contributed by atoms with E-state index in [1.807, 2.05) is 0 Å². The van der Waals surface area contributed by atoms with Crippen LogP contribution in [0.5, 0.6) is 0 Å². The lowest BCUT2D eigenvalue weighted by molar-refractivity contribution is 0.0321. The molecule has 0 spiro atoms. The third kappa shape index (κ3) is 12.3. The van der Waals surface area contributed by atoms with Crippen molar-refractivity contribution in [3.8, 4) is 0 Å². The van der Waals surface area contributed by atoms with Gasteiger partial charge in [-0.25, -0.2) is 0 Å². The van der Waals surface area contributed by atoms with Crippen molar-refractivity contribution < 1.29 is 4.74 Å². The van der Waals surface area contributed by atoms with Gasteiger partial charge in [-0.3, -0.25) is 0 Å². The highest BCUT2D eigenvalue weighted by atomic mass is 32.2. The molecule has 1 saturated heterocycles. The van der Waals surface area contributed by atoms with Crippen molar-refractivity contribution in [3.05, 3.63) is 0 Å². The molecule has 150 valence electrons. The predicted molar refractivity (Wildman–Crippen MR) is 115 cm³/mol. The summed E-state index contributed by atoms with van der Waals surface area (Å²) in [5.41, 5.74) is 5.91. The first-order valence-electron chi connectivity index (χ1n) is 11.2. The standard InChI is InChI=1S/C22H45NOS/c1-2-3-4-5-6-7-8-9-10-11-12-13-14-15-19-25-21-22(20-23)17-16-18-24-22/h2-21,23H2,1H3. The van der Waals surface area contributed by atoms with Gasteiger partial charge in [-0.2, -0.15) is 11.8 Å². The van der Waals surface area contributed by atoms with E-state index in [1.54, 1.807) is 0 Å². The minimum atomic E-state index is 0.0146. The molecule has 1 rings (SSSR count). The van der Waals surface area contributed by atoms with Gasteiger partial charge in [0.25, 0.3) is 0 Å². The van der Waals surface area contributed by atoms with E-state index >= 15 is 0 Å². The van der Waals surface area contributed by atoms with Gasteiger partial charge in [0.15, 0.2) is 0 Å². The van der Waals surface area contributed by atoms with E-state index in [-0.39, 0.29) is 5.60 Å². The molecule has 1 aliphatic rings. The van der Waals surface area contributed by atoms with Crippen LogP contribution in [-0.2, 0) is 4.74 Å². The monoisotopic (exact) mass is 371 g/mol. The summed E-state index contributed by atoms with van der Waals surface area (Å²) in [7, 11) is 0. The fourth-order valence-corrected chi connectivity index (χ4v) is 5.02. The van der Waals surface area contributed by atoms with Crippen molar-refractivity contribution in [2.45, 2.75) is 115 Å². The van der Waals surface area contributed by atoms with Crippen LogP contribution in [0.2, 0.25) is 0 Å². The van der Waals surface area contributed by atoms with E-state index in [2.05, 4.69) is 18.7 Å². The lowest BCUT2D eigenvalue weighted by Gasteiger charge is -2.26. The van der Waals surface area contributed by atoms with E-state index in [0.717, 1.165) is 18.8 Å². The molecule has 1 aliphatic heterocycles. The number of hydrogen-bond acceptors (Lipinski definition) is 3. The van der Waals surface area contributed by atoms with E-state index in [9.17, 15) is 0 Å². The molecular formula is C22H45NOS. The van der Waals surface area contributed by atoms with E-state index in [1.165, 1.54) is 102 Å². The molecule has 2 N–H and O–H groups in total. The third-order valence-corrected chi connectivity index (χ3v) is 6.87. The Balaban J connectivity index is 1.73. The van der Waals surface area contributed by atoms with Crippen LogP contribution in [0.3, 0.4) is 0 Å². The minimum absolute atomic E-state index is 0.0146. The van der Waals surface area contributed by atoms with Crippen LogP contribution < -0.4 is 5.73 Å². The molecule has 0 aromatic heterocycles. The summed E-state index contributed by atoms with van der Waals surface area (Å²) < 4.78 is 5.87. The molecule has 0 saturated carbocycles. The second kappa shape index (κ2) is 16.4. The van der Waals surface area contributed by atoms with Crippen molar-refractivity contribution in [2.75, 3.05) is 24.7 Å². The van der Waals surface area contributed by atoms with Crippen molar-refractivity contribution in [2.24, 2.45) is 5.73 Å². The second-order valence-electron chi connectivity index (χ2n) is 7.99. The number of ether oxygens (including phenoxy) is 1. The van der Waals surface area contributed by atoms with Gasteiger partial charge in [0.05, 0.1) is 5.60 Å². The highest BCUT2D eigenvalue weighted by Gasteiger charge is 2.33. The molecule has 1 heterocycles. The number of hydrogen-bond donors (Lipinski definition) is 1. The molecule has 1 unspecified atom stereocenters. The maximum atomic E-state index is 5.90. The fourth-order valence-electron chi connectivity index (χ4n) is 3.75. The highest BCUT2D eigenvalue weighted by molar-refractivity contribution is 7.99. The maximum absolute atomic E-state index is 5.90. The molecular weight excluding hydrogens is 326 g/mol. The molecule has 0 radical (unpaired) electrons. The van der Waals surface area contributed by atoms with Gasteiger partial charge in [-0.05, 0) is 25.0 Å². The zero-order valence-corrected chi connectivity index (χ0v) is 17.9. The van der Waals surface area contributed by atoms with Gasteiger partial charge in [-0.1, -0.05) is 90.4 Å². The molecule has 0 aromatic carbocycles. The van der Waals surface area contributed by atoms with Crippen molar-refractivity contribution in [3.63, 3.8) is 0 Å². The normalized spacial score (nSPS) is 20.4. The van der Waals surface area contributed by atoms with Crippen molar-refractivity contribution in [1.82, 2.24) is 0 Å². The summed E-state index contributed by atoms with van der Waals surface area (Å²) in [5, 5.41) is 0. The summed E-state index contributed by atoms with van der Waals surface area (Å²) in [6.45, 7) is 3.90. The quantitative estimate of drug-likeness (QED) is 0.272. The molecule has 3 heteroatoms. The van der Waals surface area contributed by atoms with E-state index in [0.29, 0.717) is 6.54 Å². The van der Waals surface area contributed by atoms with Crippen molar-refractivity contribution >= 4 is 11.8 Å². The van der Waals surface area contributed by atoms with Crippen LogP contribution in [-0.4, -0.2) is 30.3 Å². The number of unbranched alkanes of at least 4 members (excludes halogenated alkanes) is 13. The lowest BCUT2D eigenvalue weighted by Crippen LogP contribution is -2.39. The molecule has 0 bridgehead atoms. The molecule has 25 heavy (non-hydrogen) atoms. The van der Waals surface area contributed by atoms with Gasteiger partial charge in [-0.15, -0.1) is 0 Å². The topological polar surface area (TPSA) is 35.2 Å². The number of rotatable bonds is 18. The van der Waals surface area contributed by atoms with Crippen LogP contribution in [0.25, 0.3) is 0 Å². The Morgan fingerprint density at radius 2 is 1.32 bits per heavy atom. The van der Waals surface area contributed by atoms with Crippen molar-refractivity contribution in [1.29, 1.82) is 0 Å². The lowest BCUT2D eigenvalue weighted by atomic mass is 10.0. The van der Waals surface area contributed by atoms with Gasteiger partial charge < -0.3 is 10.5 Å². The molecule has 0 aliphatic carbocycles. The SMILES string of the molecule is CCCCCCCCCCCCCCCCSCC1(CN)CCCO1. The van der Waals surface area contributed by atoms with Crippen LogP contribution >= 0.6 is 11.8 Å². The van der Waals surface area contributed by atoms with Crippen LogP contribution in [0, 0.1) is 0 Å². The summed E-state index contributed by atoms with van der Waals surface area (Å²) in [6, 6.07) is 0. The second-order valence-corrected chi connectivity index (χ2v) is 9.09. The predicted octanol–water partition coefficient (Wildman–Crippen LogP) is 6.71. The Kier molecular flexibility index (Phi) is 15.3. The Hall–Kier alpha value is 0.270. The first-order valence-corrected chi connectivity index (χ1v) is 12.4. The van der Waals surface area contributed by atoms with Crippen LogP contribution in [0.4, 0.5) is 0 Å². The first kappa shape index (κ1) is 23.3. The van der Waals surface area contributed by atoms with Crippen LogP contribution in [0.1, 0.15) is 110 Å².